The van der Waals surface area contributed by atoms with Gasteiger partial charge in [-0.3, -0.25) is 4.79 Å². The predicted molar refractivity (Wildman–Crippen MR) is 83.8 cm³/mol. The van der Waals surface area contributed by atoms with E-state index in [0.29, 0.717) is 22.3 Å². The van der Waals surface area contributed by atoms with Gasteiger partial charge in [-0.05, 0) is 37.1 Å². The number of hydrogen-bond acceptors (Lipinski definition) is 4. The highest BCUT2D eigenvalue weighted by Crippen LogP contribution is 2.26. The Kier molecular flexibility index (Phi) is 6.62. The first-order chi connectivity index (χ1) is 10.3. The second-order valence-electron chi connectivity index (χ2n) is 5.27. The number of nitrogens with zero attached hydrogens (tertiary/aromatic N) is 1. The molecule has 1 aromatic rings. The maximum atomic E-state index is 12.2. The van der Waals surface area contributed by atoms with Crippen LogP contribution < -0.4 is 10.6 Å². The van der Waals surface area contributed by atoms with Gasteiger partial charge in [-0.2, -0.15) is 14.0 Å². The summed E-state index contributed by atoms with van der Waals surface area (Å²) >= 11 is 0.469. The molecule has 22 heavy (non-hydrogen) atoms. The van der Waals surface area contributed by atoms with E-state index in [4.69, 9.17) is 5.26 Å². The van der Waals surface area contributed by atoms with Crippen molar-refractivity contribution in [1.29, 1.82) is 5.26 Å². The Bertz CT molecular complexity index is 543. The standard InChI is InChI=1S/C15H19F2N3OS/c1-10(2)15(3,9-18)20-13(21)8-19-11-4-6-12(7-5-11)22-14(16)17/h4-7,10,14,19H,8H2,1-3H3,(H,20,21)/t15-/m0/s1. The third-order valence-corrected chi connectivity index (χ3v) is 4.04. The number of alkyl halides is 2. The average molecular weight is 327 g/mol. The van der Waals surface area contributed by atoms with E-state index in [1.807, 2.05) is 13.8 Å². The Morgan fingerprint density at radius 1 is 1.36 bits per heavy atom. The molecular formula is C15H19F2N3OS. The molecule has 1 atom stereocenters. The van der Waals surface area contributed by atoms with Gasteiger partial charge in [0.2, 0.25) is 5.91 Å². The van der Waals surface area contributed by atoms with Crippen LogP contribution in [0.2, 0.25) is 0 Å². The predicted octanol–water partition coefficient (Wildman–Crippen LogP) is 3.47. The zero-order valence-electron chi connectivity index (χ0n) is 12.7. The lowest BCUT2D eigenvalue weighted by atomic mass is 9.90. The van der Waals surface area contributed by atoms with E-state index >= 15 is 0 Å². The van der Waals surface area contributed by atoms with Crippen LogP contribution in [0.1, 0.15) is 20.8 Å². The average Bonchev–Trinajstić information content (AvgIpc) is 2.45. The Labute approximate surface area is 133 Å². The van der Waals surface area contributed by atoms with Crippen molar-refractivity contribution in [3.8, 4) is 6.07 Å². The number of halogens is 2. The molecule has 0 saturated heterocycles. The molecule has 0 saturated carbocycles. The summed E-state index contributed by atoms with van der Waals surface area (Å²) in [6.07, 6.45) is 0. The van der Waals surface area contributed by atoms with Crippen molar-refractivity contribution < 1.29 is 13.6 Å². The SMILES string of the molecule is CC(C)[C@](C)(C#N)NC(=O)CNc1ccc(SC(F)F)cc1. The molecule has 1 amide bonds. The Balaban J connectivity index is 2.52. The molecule has 0 fully saturated rings. The highest BCUT2D eigenvalue weighted by molar-refractivity contribution is 7.99. The highest BCUT2D eigenvalue weighted by Gasteiger charge is 2.29. The first kappa shape index (κ1) is 18.2. The molecule has 0 aliphatic rings. The van der Waals surface area contributed by atoms with E-state index in [0.717, 1.165) is 0 Å². The summed E-state index contributed by atoms with van der Waals surface area (Å²) in [5, 5.41) is 14.7. The molecule has 0 heterocycles. The third kappa shape index (κ3) is 5.53. The topological polar surface area (TPSA) is 64.9 Å². The van der Waals surface area contributed by atoms with Crippen molar-refractivity contribution in [2.24, 2.45) is 5.92 Å². The fraction of sp³-hybridized carbons (Fsp3) is 0.467. The number of anilines is 1. The molecule has 0 radical (unpaired) electrons. The van der Waals surface area contributed by atoms with Crippen LogP contribution in [0.4, 0.5) is 14.5 Å². The summed E-state index contributed by atoms with van der Waals surface area (Å²) in [5.41, 5.74) is -0.270. The highest BCUT2D eigenvalue weighted by atomic mass is 32.2. The molecule has 0 aliphatic carbocycles. The van der Waals surface area contributed by atoms with Crippen LogP contribution in [0, 0.1) is 17.2 Å². The maximum absolute atomic E-state index is 12.2. The molecule has 2 N–H and O–H groups in total. The normalized spacial score (nSPS) is 13.5. The van der Waals surface area contributed by atoms with Gasteiger partial charge in [0.05, 0.1) is 12.6 Å². The molecule has 4 nitrogen and oxygen atoms in total. The minimum Gasteiger partial charge on any atom is -0.376 e. The van der Waals surface area contributed by atoms with Gasteiger partial charge in [0, 0.05) is 10.6 Å². The van der Waals surface area contributed by atoms with Crippen molar-refractivity contribution in [2.75, 3.05) is 11.9 Å². The van der Waals surface area contributed by atoms with Gasteiger partial charge in [0.1, 0.15) is 5.54 Å². The van der Waals surface area contributed by atoms with Gasteiger partial charge in [0.25, 0.3) is 5.76 Å². The molecule has 0 aliphatic heterocycles. The number of carbonyl (C=O) groups excluding carboxylic acids is 1. The van der Waals surface area contributed by atoms with E-state index in [1.165, 1.54) is 0 Å². The molecule has 0 bridgehead atoms. The Morgan fingerprint density at radius 2 is 1.95 bits per heavy atom. The van der Waals surface area contributed by atoms with Crippen molar-refractivity contribution in [1.82, 2.24) is 5.32 Å². The molecule has 0 aromatic heterocycles. The third-order valence-electron chi connectivity index (χ3n) is 3.32. The summed E-state index contributed by atoms with van der Waals surface area (Å²) in [7, 11) is 0. The van der Waals surface area contributed by atoms with Crippen molar-refractivity contribution >= 4 is 23.4 Å². The second kappa shape index (κ2) is 7.99. The minimum atomic E-state index is -2.45. The second-order valence-corrected chi connectivity index (χ2v) is 6.34. The maximum Gasteiger partial charge on any atom is 0.288 e. The van der Waals surface area contributed by atoms with E-state index in [1.54, 1.807) is 31.2 Å². The largest absolute Gasteiger partial charge is 0.376 e. The van der Waals surface area contributed by atoms with Gasteiger partial charge < -0.3 is 10.6 Å². The molecule has 0 unspecified atom stereocenters. The van der Waals surface area contributed by atoms with Crippen LogP contribution in [0.25, 0.3) is 0 Å². The minimum absolute atomic E-state index is 0.00528. The number of hydrogen-bond donors (Lipinski definition) is 2. The van der Waals surface area contributed by atoms with Crippen LogP contribution in [-0.4, -0.2) is 23.7 Å². The monoisotopic (exact) mass is 327 g/mol. The molecule has 1 aromatic carbocycles. The van der Waals surface area contributed by atoms with Crippen LogP contribution >= 0.6 is 11.8 Å². The number of thioether (sulfide) groups is 1. The number of benzene rings is 1. The Morgan fingerprint density at radius 3 is 2.41 bits per heavy atom. The van der Waals surface area contributed by atoms with Gasteiger partial charge in [-0.25, -0.2) is 0 Å². The van der Waals surface area contributed by atoms with Crippen LogP contribution in [0.15, 0.2) is 29.2 Å². The quantitative estimate of drug-likeness (QED) is 0.753. The van der Waals surface area contributed by atoms with E-state index < -0.39 is 11.3 Å². The molecule has 120 valence electrons. The molecule has 7 heteroatoms. The number of nitriles is 1. The Hall–Kier alpha value is -1.81. The fourth-order valence-corrected chi connectivity index (χ4v) is 2.07. The lowest BCUT2D eigenvalue weighted by Gasteiger charge is -2.27. The van der Waals surface area contributed by atoms with E-state index in [2.05, 4.69) is 16.7 Å². The van der Waals surface area contributed by atoms with Gasteiger partial charge >= 0.3 is 0 Å². The molecule has 0 spiro atoms. The van der Waals surface area contributed by atoms with Gasteiger partial charge in [-0.15, -0.1) is 0 Å². The van der Waals surface area contributed by atoms with E-state index in [-0.39, 0.29) is 18.4 Å². The summed E-state index contributed by atoms with van der Waals surface area (Å²) in [5.74, 6) is -2.78. The number of amides is 1. The molecule has 1 rings (SSSR count). The lowest BCUT2D eigenvalue weighted by molar-refractivity contribution is -0.121. The summed E-state index contributed by atoms with van der Waals surface area (Å²) in [6.45, 7) is 5.39. The number of nitrogens with one attached hydrogen (secondary N) is 2. The lowest BCUT2D eigenvalue weighted by Crippen LogP contribution is -2.50. The van der Waals surface area contributed by atoms with Crippen LogP contribution in [0.5, 0.6) is 0 Å². The summed E-state index contributed by atoms with van der Waals surface area (Å²) in [4.78, 5) is 12.3. The summed E-state index contributed by atoms with van der Waals surface area (Å²) in [6, 6.07) is 8.48. The van der Waals surface area contributed by atoms with Crippen LogP contribution in [0.3, 0.4) is 0 Å². The van der Waals surface area contributed by atoms with E-state index in [9.17, 15) is 13.6 Å². The number of rotatable bonds is 7. The van der Waals surface area contributed by atoms with Crippen molar-refractivity contribution in [3.63, 3.8) is 0 Å². The first-order valence-corrected chi connectivity index (χ1v) is 7.66. The van der Waals surface area contributed by atoms with Gasteiger partial charge in [0.15, 0.2) is 0 Å². The fourth-order valence-electron chi connectivity index (χ4n) is 1.57. The van der Waals surface area contributed by atoms with Gasteiger partial charge in [-0.1, -0.05) is 25.6 Å². The first-order valence-electron chi connectivity index (χ1n) is 6.78. The van der Waals surface area contributed by atoms with Crippen LogP contribution in [-0.2, 0) is 4.79 Å². The smallest absolute Gasteiger partial charge is 0.288 e. The van der Waals surface area contributed by atoms with Crippen molar-refractivity contribution in [2.45, 2.75) is 37.0 Å². The van der Waals surface area contributed by atoms with Crippen molar-refractivity contribution in [3.05, 3.63) is 24.3 Å². The number of carbonyl (C=O) groups is 1. The zero-order valence-corrected chi connectivity index (χ0v) is 13.5. The molecular weight excluding hydrogens is 308 g/mol. The zero-order chi connectivity index (χ0) is 16.8. The summed E-state index contributed by atoms with van der Waals surface area (Å²) < 4.78 is 24.4.